The highest BCUT2D eigenvalue weighted by molar-refractivity contribution is 5.93. The molecule has 23 heavy (non-hydrogen) atoms. The van der Waals surface area contributed by atoms with Crippen LogP contribution in [0, 0.1) is 5.82 Å². The van der Waals surface area contributed by atoms with Gasteiger partial charge in [0.1, 0.15) is 24.3 Å². The number of rotatable bonds is 6. The quantitative estimate of drug-likeness (QED) is 0.730. The van der Waals surface area contributed by atoms with Crippen molar-refractivity contribution in [3.8, 4) is 11.1 Å². The van der Waals surface area contributed by atoms with Crippen molar-refractivity contribution < 1.29 is 9.18 Å². The smallest absolute Gasteiger partial charge is 0.225 e. The van der Waals surface area contributed by atoms with Crippen LogP contribution in [0.2, 0.25) is 0 Å². The Kier molecular flexibility index (Phi) is 4.41. The number of hydrogen-bond acceptors (Lipinski definition) is 4. The van der Waals surface area contributed by atoms with Crippen LogP contribution in [0.1, 0.15) is 12.8 Å². The Balaban J connectivity index is 1.60. The van der Waals surface area contributed by atoms with Crippen molar-refractivity contribution in [2.75, 3.05) is 5.32 Å². The van der Waals surface area contributed by atoms with E-state index >= 15 is 0 Å². The number of aromatic amines is 1. The Labute approximate surface area is 131 Å². The minimum absolute atomic E-state index is 0.146. The molecule has 0 radical (unpaired) electrons. The fraction of sp³-hybridized carbons (Fsp3) is 0.200. The van der Waals surface area contributed by atoms with Gasteiger partial charge in [0.05, 0.1) is 6.20 Å². The number of aryl methyl sites for hydroxylation is 1. The van der Waals surface area contributed by atoms with Crippen molar-refractivity contribution >= 4 is 11.7 Å². The van der Waals surface area contributed by atoms with Crippen molar-refractivity contribution in [3.05, 3.63) is 48.9 Å². The lowest BCUT2D eigenvalue weighted by Crippen LogP contribution is -2.13. The van der Waals surface area contributed by atoms with Crippen LogP contribution < -0.4 is 5.32 Å². The first-order valence-electron chi connectivity index (χ1n) is 7.14. The SMILES string of the molecule is O=C(CCCn1cncn1)Nc1[nH]ncc1-c1cccc(F)c1. The highest BCUT2D eigenvalue weighted by atomic mass is 19.1. The molecular formula is C15H15FN6O. The van der Waals surface area contributed by atoms with Crippen LogP contribution in [-0.2, 0) is 11.3 Å². The second-order valence-electron chi connectivity index (χ2n) is 4.98. The highest BCUT2D eigenvalue weighted by Gasteiger charge is 2.11. The van der Waals surface area contributed by atoms with Crippen LogP contribution in [0.4, 0.5) is 10.2 Å². The number of halogens is 1. The largest absolute Gasteiger partial charge is 0.311 e. The van der Waals surface area contributed by atoms with E-state index in [0.29, 0.717) is 36.3 Å². The van der Waals surface area contributed by atoms with Crippen LogP contribution in [0.25, 0.3) is 11.1 Å². The van der Waals surface area contributed by atoms with Crippen LogP contribution in [0.15, 0.2) is 43.1 Å². The van der Waals surface area contributed by atoms with Crippen molar-refractivity contribution in [3.63, 3.8) is 0 Å². The third kappa shape index (κ3) is 3.79. The summed E-state index contributed by atoms with van der Waals surface area (Å²) in [5, 5.41) is 13.4. The summed E-state index contributed by atoms with van der Waals surface area (Å²) >= 11 is 0. The first-order valence-corrected chi connectivity index (χ1v) is 7.14. The van der Waals surface area contributed by atoms with Gasteiger partial charge in [0.15, 0.2) is 0 Å². The molecule has 0 aliphatic heterocycles. The molecule has 2 N–H and O–H groups in total. The van der Waals surface area contributed by atoms with E-state index in [1.54, 1.807) is 29.3 Å². The van der Waals surface area contributed by atoms with E-state index < -0.39 is 0 Å². The lowest BCUT2D eigenvalue weighted by molar-refractivity contribution is -0.116. The van der Waals surface area contributed by atoms with E-state index in [2.05, 4.69) is 25.6 Å². The van der Waals surface area contributed by atoms with Gasteiger partial charge in [-0.25, -0.2) is 9.37 Å². The molecule has 0 unspecified atom stereocenters. The van der Waals surface area contributed by atoms with E-state index in [1.165, 1.54) is 18.5 Å². The molecular weight excluding hydrogens is 299 g/mol. The van der Waals surface area contributed by atoms with Gasteiger partial charge in [-0.2, -0.15) is 10.2 Å². The first kappa shape index (κ1) is 14.9. The van der Waals surface area contributed by atoms with E-state index in [1.807, 2.05) is 0 Å². The maximum atomic E-state index is 13.3. The maximum absolute atomic E-state index is 13.3. The van der Waals surface area contributed by atoms with Gasteiger partial charge in [0, 0.05) is 18.5 Å². The number of H-pyrrole nitrogens is 1. The molecule has 0 spiro atoms. The number of carbonyl (C=O) groups is 1. The van der Waals surface area contributed by atoms with E-state index in [9.17, 15) is 9.18 Å². The number of benzene rings is 1. The second kappa shape index (κ2) is 6.82. The normalized spacial score (nSPS) is 10.7. The van der Waals surface area contributed by atoms with Gasteiger partial charge in [0.25, 0.3) is 0 Å². The molecule has 0 aliphatic carbocycles. The molecule has 8 heteroatoms. The summed E-state index contributed by atoms with van der Waals surface area (Å²) in [6, 6.07) is 6.13. The standard InChI is InChI=1S/C15H15FN6O/c16-12-4-1-3-11(7-12)13-8-18-21-15(13)20-14(23)5-2-6-22-10-17-9-19-22/h1,3-4,7-10H,2,5-6H2,(H2,18,20,21,23). The number of aromatic nitrogens is 5. The predicted molar refractivity (Wildman–Crippen MR) is 81.9 cm³/mol. The second-order valence-corrected chi connectivity index (χ2v) is 4.98. The minimum atomic E-state index is -0.339. The van der Waals surface area contributed by atoms with Gasteiger partial charge in [-0.1, -0.05) is 12.1 Å². The Hall–Kier alpha value is -3.03. The molecule has 0 fully saturated rings. The Bertz CT molecular complexity index is 783. The molecule has 0 saturated carbocycles. The fourth-order valence-electron chi connectivity index (χ4n) is 2.21. The molecule has 7 nitrogen and oxygen atoms in total. The van der Waals surface area contributed by atoms with Gasteiger partial charge in [-0.3, -0.25) is 14.6 Å². The van der Waals surface area contributed by atoms with Crippen LogP contribution in [-0.4, -0.2) is 30.9 Å². The van der Waals surface area contributed by atoms with Crippen molar-refractivity contribution in [2.24, 2.45) is 0 Å². The van der Waals surface area contributed by atoms with Crippen LogP contribution in [0.3, 0.4) is 0 Å². The summed E-state index contributed by atoms with van der Waals surface area (Å²) in [6.07, 6.45) is 5.59. The molecule has 1 aromatic carbocycles. The number of anilines is 1. The monoisotopic (exact) mass is 314 g/mol. The summed E-state index contributed by atoms with van der Waals surface area (Å²) in [6.45, 7) is 0.618. The molecule has 0 aliphatic rings. The number of hydrogen-bond donors (Lipinski definition) is 2. The minimum Gasteiger partial charge on any atom is -0.311 e. The van der Waals surface area contributed by atoms with E-state index in [0.717, 1.165) is 0 Å². The van der Waals surface area contributed by atoms with Gasteiger partial charge in [-0.15, -0.1) is 0 Å². The molecule has 2 aromatic heterocycles. The fourth-order valence-corrected chi connectivity index (χ4v) is 2.21. The predicted octanol–water partition coefficient (Wildman–Crippen LogP) is 2.23. The molecule has 0 bridgehead atoms. The van der Waals surface area contributed by atoms with Gasteiger partial charge in [-0.05, 0) is 24.1 Å². The van der Waals surface area contributed by atoms with Crippen molar-refractivity contribution in [1.82, 2.24) is 25.0 Å². The van der Waals surface area contributed by atoms with Crippen molar-refractivity contribution in [1.29, 1.82) is 0 Å². The van der Waals surface area contributed by atoms with Gasteiger partial charge < -0.3 is 5.32 Å². The molecule has 0 atom stereocenters. The van der Waals surface area contributed by atoms with E-state index in [4.69, 9.17) is 0 Å². The first-order chi connectivity index (χ1) is 11.2. The summed E-state index contributed by atoms with van der Waals surface area (Å²) < 4.78 is 15.0. The third-order valence-electron chi connectivity index (χ3n) is 3.30. The Morgan fingerprint density at radius 2 is 2.30 bits per heavy atom. The highest BCUT2D eigenvalue weighted by Crippen LogP contribution is 2.26. The average Bonchev–Trinajstić information content (AvgIpc) is 3.19. The average molecular weight is 314 g/mol. The number of nitrogens with one attached hydrogen (secondary N) is 2. The van der Waals surface area contributed by atoms with Crippen molar-refractivity contribution in [2.45, 2.75) is 19.4 Å². The summed E-state index contributed by atoms with van der Waals surface area (Å²) in [5.74, 6) is -0.0258. The number of carbonyl (C=O) groups excluding carboxylic acids is 1. The number of amides is 1. The lowest BCUT2D eigenvalue weighted by atomic mass is 10.1. The van der Waals surface area contributed by atoms with Gasteiger partial charge >= 0.3 is 0 Å². The van der Waals surface area contributed by atoms with Crippen LogP contribution in [0.5, 0.6) is 0 Å². The Morgan fingerprint density at radius 3 is 3.09 bits per heavy atom. The zero-order valence-electron chi connectivity index (χ0n) is 12.2. The Morgan fingerprint density at radius 1 is 1.39 bits per heavy atom. The number of nitrogens with zero attached hydrogens (tertiary/aromatic N) is 4. The third-order valence-corrected chi connectivity index (χ3v) is 3.30. The molecule has 118 valence electrons. The zero-order valence-corrected chi connectivity index (χ0v) is 12.2. The van der Waals surface area contributed by atoms with Gasteiger partial charge in [0.2, 0.25) is 5.91 Å². The maximum Gasteiger partial charge on any atom is 0.225 e. The zero-order chi connectivity index (χ0) is 16.1. The van der Waals surface area contributed by atoms with Crippen LogP contribution >= 0.6 is 0 Å². The lowest BCUT2D eigenvalue weighted by Gasteiger charge is -2.06. The molecule has 3 aromatic rings. The summed E-state index contributed by atoms with van der Waals surface area (Å²) in [7, 11) is 0. The molecule has 1 amide bonds. The summed E-state index contributed by atoms with van der Waals surface area (Å²) in [4.78, 5) is 15.9. The van der Waals surface area contributed by atoms with E-state index in [-0.39, 0.29) is 11.7 Å². The topological polar surface area (TPSA) is 88.5 Å². The summed E-state index contributed by atoms with van der Waals surface area (Å²) in [5.41, 5.74) is 1.30. The molecule has 2 heterocycles. The molecule has 0 saturated heterocycles. The molecule has 3 rings (SSSR count).